The zero-order chi connectivity index (χ0) is 9.97. The van der Waals surface area contributed by atoms with Crippen LogP contribution in [-0.4, -0.2) is 11.7 Å². The van der Waals surface area contributed by atoms with Crippen LogP contribution in [0.25, 0.3) is 6.08 Å². The molecule has 0 fully saturated rings. The second-order valence-electron chi connectivity index (χ2n) is 3.69. The minimum absolute atomic E-state index is 0.386. The number of phenols is 1. The van der Waals surface area contributed by atoms with Gasteiger partial charge in [0, 0.05) is 5.56 Å². The van der Waals surface area contributed by atoms with E-state index in [9.17, 15) is 5.11 Å². The van der Waals surface area contributed by atoms with Crippen molar-refractivity contribution in [2.45, 2.75) is 19.3 Å². The third-order valence-corrected chi connectivity index (χ3v) is 2.70. The summed E-state index contributed by atoms with van der Waals surface area (Å²) in [5, 5.41) is 9.67. The summed E-state index contributed by atoms with van der Waals surface area (Å²) in [7, 11) is 0. The number of fused-ring (bicyclic) bond motifs is 1. The Morgan fingerprint density at radius 1 is 1.29 bits per heavy atom. The van der Waals surface area contributed by atoms with Crippen molar-refractivity contribution < 1.29 is 5.11 Å². The molecule has 74 valence electrons. The molecule has 0 saturated heterocycles. The number of rotatable bonds is 2. The van der Waals surface area contributed by atoms with Gasteiger partial charge in [-0.25, -0.2) is 0 Å². The molecule has 0 aliphatic heterocycles. The second-order valence-corrected chi connectivity index (χ2v) is 3.69. The molecule has 3 N–H and O–H groups in total. The number of benzene rings is 1. The summed E-state index contributed by atoms with van der Waals surface area (Å²) in [6.45, 7) is 0.689. The van der Waals surface area contributed by atoms with Gasteiger partial charge in [0.05, 0.1) is 0 Å². The normalized spacial score (nSPS) is 14.8. The highest BCUT2D eigenvalue weighted by Crippen LogP contribution is 2.31. The van der Waals surface area contributed by atoms with Crippen LogP contribution in [0.3, 0.4) is 0 Å². The Bertz CT molecular complexity index is 369. The SMILES string of the molecule is NCCC1=Cc2c(O)cccc2CC1. The van der Waals surface area contributed by atoms with E-state index < -0.39 is 0 Å². The zero-order valence-corrected chi connectivity index (χ0v) is 8.16. The van der Waals surface area contributed by atoms with E-state index in [1.807, 2.05) is 6.07 Å². The summed E-state index contributed by atoms with van der Waals surface area (Å²) < 4.78 is 0. The molecule has 2 rings (SSSR count). The molecule has 0 spiro atoms. The molecule has 0 heterocycles. The van der Waals surface area contributed by atoms with Gasteiger partial charge in [-0.3, -0.25) is 0 Å². The zero-order valence-electron chi connectivity index (χ0n) is 8.16. The molecule has 0 bridgehead atoms. The topological polar surface area (TPSA) is 46.2 Å². The van der Waals surface area contributed by atoms with E-state index in [2.05, 4.69) is 12.1 Å². The van der Waals surface area contributed by atoms with Crippen LogP contribution in [0.1, 0.15) is 24.0 Å². The van der Waals surface area contributed by atoms with E-state index in [0.29, 0.717) is 12.3 Å². The number of nitrogens with two attached hydrogens (primary N) is 1. The van der Waals surface area contributed by atoms with Crippen molar-refractivity contribution in [2.75, 3.05) is 6.54 Å². The first-order valence-electron chi connectivity index (χ1n) is 5.01. The van der Waals surface area contributed by atoms with Crippen LogP contribution in [-0.2, 0) is 6.42 Å². The second kappa shape index (κ2) is 3.84. The average molecular weight is 189 g/mol. The van der Waals surface area contributed by atoms with E-state index in [1.165, 1.54) is 11.1 Å². The number of hydrogen-bond acceptors (Lipinski definition) is 2. The number of hydrogen-bond donors (Lipinski definition) is 2. The highest BCUT2D eigenvalue weighted by Gasteiger charge is 2.12. The van der Waals surface area contributed by atoms with Gasteiger partial charge >= 0.3 is 0 Å². The van der Waals surface area contributed by atoms with Gasteiger partial charge in [0.1, 0.15) is 5.75 Å². The first kappa shape index (κ1) is 9.28. The smallest absolute Gasteiger partial charge is 0.123 e. The van der Waals surface area contributed by atoms with Gasteiger partial charge in [-0.1, -0.05) is 23.8 Å². The maximum atomic E-state index is 9.67. The Morgan fingerprint density at radius 3 is 2.93 bits per heavy atom. The highest BCUT2D eigenvalue weighted by atomic mass is 16.3. The molecular formula is C12H15NO. The van der Waals surface area contributed by atoms with E-state index in [4.69, 9.17) is 5.73 Å². The molecule has 1 aromatic carbocycles. The minimum Gasteiger partial charge on any atom is -0.507 e. The van der Waals surface area contributed by atoms with Gasteiger partial charge < -0.3 is 10.8 Å². The van der Waals surface area contributed by atoms with Crippen LogP contribution in [0.5, 0.6) is 5.75 Å². The van der Waals surface area contributed by atoms with Crippen molar-refractivity contribution in [3.63, 3.8) is 0 Å². The largest absolute Gasteiger partial charge is 0.507 e. The lowest BCUT2D eigenvalue weighted by atomic mass is 9.90. The molecular weight excluding hydrogens is 174 g/mol. The van der Waals surface area contributed by atoms with Crippen molar-refractivity contribution >= 4 is 6.08 Å². The van der Waals surface area contributed by atoms with E-state index in [-0.39, 0.29) is 0 Å². The van der Waals surface area contributed by atoms with Gasteiger partial charge in [0.2, 0.25) is 0 Å². The third-order valence-electron chi connectivity index (χ3n) is 2.70. The van der Waals surface area contributed by atoms with Crippen LogP contribution in [0.2, 0.25) is 0 Å². The molecule has 1 aliphatic carbocycles. The molecule has 1 aromatic rings. The summed E-state index contributed by atoms with van der Waals surface area (Å²) in [6.07, 6.45) is 5.12. The minimum atomic E-state index is 0.386. The van der Waals surface area contributed by atoms with E-state index >= 15 is 0 Å². The Hall–Kier alpha value is -1.28. The van der Waals surface area contributed by atoms with Crippen LogP contribution < -0.4 is 5.73 Å². The summed E-state index contributed by atoms with van der Waals surface area (Å²) in [5.74, 6) is 0.386. The molecule has 0 atom stereocenters. The monoisotopic (exact) mass is 189 g/mol. The fourth-order valence-corrected chi connectivity index (χ4v) is 1.94. The molecule has 0 radical (unpaired) electrons. The summed E-state index contributed by atoms with van der Waals surface area (Å²) in [6, 6.07) is 5.71. The van der Waals surface area contributed by atoms with Gasteiger partial charge in [0.15, 0.2) is 0 Å². The molecule has 0 amide bonds. The first-order valence-corrected chi connectivity index (χ1v) is 5.01. The average Bonchev–Trinajstić information content (AvgIpc) is 2.20. The quantitative estimate of drug-likeness (QED) is 0.748. The number of aromatic hydroxyl groups is 1. The van der Waals surface area contributed by atoms with Crippen molar-refractivity contribution in [1.82, 2.24) is 0 Å². The van der Waals surface area contributed by atoms with Crippen LogP contribution in [0.4, 0.5) is 0 Å². The van der Waals surface area contributed by atoms with E-state index in [0.717, 1.165) is 24.8 Å². The maximum absolute atomic E-state index is 9.67. The molecule has 1 aliphatic rings. The first-order chi connectivity index (χ1) is 6.81. The van der Waals surface area contributed by atoms with Gasteiger partial charge in [0.25, 0.3) is 0 Å². The fraction of sp³-hybridized carbons (Fsp3) is 0.333. The predicted molar refractivity (Wildman–Crippen MR) is 58.1 cm³/mol. The van der Waals surface area contributed by atoms with Gasteiger partial charge in [-0.05, 0) is 37.4 Å². The molecule has 2 nitrogen and oxygen atoms in total. The van der Waals surface area contributed by atoms with Crippen molar-refractivity contribution in [3.05, 3.63) is 34.9 Å². The molecule has 0 saturated carbocycles. The lowest BCUT2D eigenvalue weighted by Crippen LogP contribution is -2.05. The molecule has 0 aromatic heterocycles. The summed E-state index contributed by atoms with van der Waals surface area (Å²) in [4.78, 5) is 0. The van der Waals surface area contributed by atoms with Crippen molar-refractivity contribution in [1.29, 1.82) is 0 Å². The Labute approximate surface area is 84.1 Å². The number of phenolic OH excluding ortho intramolecular Hbond substituents is 1. The van der Waals surface area contributed by atoms with Crippen LogP contribution in [0.15, 0.2) is 23.8 Å². The predicted octanol–water partition coefficient (Wildman–Crippen LogP) is 2.07. The molecule has 0 unspecified atom stereocenters. The Kier molecular flexibility index (Phi) is 2.55. The Morgan fingerprint density at radius 2 is 2.14 bits per heavy atom. The van der Waals surface area contributed by atoms with Gasteiger partial charge in [-0.2, -0.15) is 0 Å². The standard InChI is InChI=1S/C12H15NO/c13-7-6-9-4-5-10-2-1-3-12(14)11(10)8-9/h1-3,8,14H,4-7,13H2. The van der Waals surface area contributed by atoms with Crippen LogP contribution >= 0.6 is 0 Å². The van der Waals surface area contributed by atoms with E-state index in [1.54, 1.807) is 6.07 Å². The highest BCUT2D eigenvalue weighted by molar-refractivity contribution is 5.65. The van der Waals surface area contributed by atoms with Crippen LogP contribution in [0, 0.1) is 0 Å². The van der Waals surface area contributed by atoms with Crippen molar-refractivity contribution in [3.8, 4) is 5.75 Å². The third kappa shape index (κ3) is 1.66. The fourth-order valence-electron chi connectivity index (χ4n) is 1.94. The summed E-state index contributed by atoms with van der Waals surface area (Å²) >= 11 is 0. The van der Waals surface area contributed by atoms with Gasteiger partial charge in [-0.15, -0.1) is 0 Å². The molecule has 14 heavy (non-hydrogen) atoms. The number of aryl methyl sites for hydroxylation is 1. The summed E-state index contributed by atoms with van der Waals surface area (Å²) in [5.41, 5.74) is 9.09. The van der Waals surface area contributed by atoms with Crippen molar-refractivity contribution in [2.24, 2.45) is 5.73 Å². The lowest BCUT2D eigenvalue weighted by Gasteiger charge is -2.16. The lowest BCUT2D eigenvalue weighted by molar-refractivity contribution is 0.472. The Balaban J connectivity index is 2.37. The maximum Gasteiger partial charge on any atom is 0.123 e. The molecule has 2 heteroatoms.